The summed E-state index contributed by atoms with van der Waals surface area (Å²) in [6, 6.07) is 19.4. The van der Waals surface area contributed by atoms with E-state index < -0.39 is 0 Å². The van der Waals surface area contributed by atoms with Gasteiger partial charge in [-0.05, 0) is 62.8 Å². The first-order chi connectivity index (χ1) is 11.8. The summed E-state index contributed by atoms with van der Waals surface area (Å²) in [5.41, 5.74) is 1.44. The lowest BCUT2D eigenvalue weighted by Crippen LogP contribution is -2.53. The number of hydrogen-bond acceptors (Lipinski definition) is 3. The molecule has 3 heteroatoms. The lowest BCUT2D eigenvalue weighted by Gasteiger charge is -2.47. The first kappa shape index (κ1) is 15.7. The Hall–Kier alpha value is -1.84. The van der Waals surface area contributed by atoms with Gasteiger partial charge in [-0.15, -0.1) is 0 Å². The molecule has 2 fully saturated rings. The van der Waals surface area contributed by atoms with E-state index in [1.165, 1.54) is 44.6 Å². The molecule has 0 N–H and O–H groups in total. The van der Waals surface area contributed by atoms with Crippen LogP contribution in [0.5, 0.6) is 11.5 Å². The van der Waals surface area contributed by atoms with Gasteiger partial charge in [-0.25, -0.2) is 0 Å². The van der Waals surface area contributed by atoms with Crippen LogP contribution in [0, 0.1) is 0 Å². The summed E-state index contributed by atoms with van der Waals surface area (Å²) in [6.45, 7) is 4.93. The van der Waals surface area contributed by atoms with Crippen LogP contribution in [0.2, 0.25) is 0 Å². The number of rotatable bonds is 4. The van der Waals surface area contributed by atoms with Crippen molar-refractivity contribution in [1.29, 1.82) is 0 Å². The molecule has 0 radical (unpaired) electrons. The first-order valence-corrected chi connectivity index (χ1v) is 9.03. The van der Waals surface area contributed by atoms with Crippen molar-refractivity contribution in [1.82, 2.24) is 9.80 Å². The van der Waals surface area contributed by atoms with Crippen LogP contribution in [0.3, 0.4) is 0 Å². The Bertz CT molecular complexity index is 641. The van der Waals surface area contributed by atoms with Gasteiger partial charge >= 0.3 is 0 Å². The standard InChI is InChI=1S/C21H26N2O/c1-22-13-11-19(12-14-22)23-15-18(16-23)17-7-9-21(10-8-17)24-20-5-3-2-4-6-20/h2-10,18-19H,11-16H2,1H3. The van der Waals surface area contributed by atoms with E-state index in [4.69, 9.17) is 4.74 Å². The average Bonchev–Trinajstić information content (AvgIpc) is 2.58. The summed E-state index contributed by atoms with van der Waals surface area (Å²) >= 11 is 0. The fourth-order valence-electron chi connectivity index (χ4n) is 3.81. The summed E-state index contributed by atoms with van der Waals surface area (Å²) in [4.78, 5) is 5.12. The van der Waals surface area contributed by atoms with Crippen LogP contribution in [0.25, 0.3) is 0 Å². The summed E-state index contributed by atoms with van der Waals surface area (Å²) in [7, 11) is 2.23. The van der Waals surface area contributed by atoms with Crippen molar-refractivity contribution in [3.05, 3.63) is 60.2 Å². The molecule has 2 heterocycles. The number of ether oxygens (including phenoxy) is 1. The van der Waals surface area contributed by atoms with Gasteiger partial charge in [0.15, 0.2) is 0 Å². The molecule has 0 atom stereocenters. The van der Waals surface area contributed by atoms with E-state index in [1.54, 1.807) is 0 Å². The highest BCUT2D eigenvalue weighted by Crippen LogP contribution is 2.32. The maximum Gasteiger partial charge on any atom is 0.127 e. The van der Waals surface area contributed by atoms with E-state index in [0.29, 0.717) is 5.92 Å². The Kier molecular flexibility index (Phi) is 4.54. The molecule has 2 aliphatic rings. The summed E-state index contributed by atoms with van der Waals surface area (Å²) in [5.74, 6) is 2.49. The third-order valence-electron chi connectivity index (χ3n) is 5.44. The molecule has 2 aromatic carbocycles. The van der Waals surface area contributed by atoms with E-state index in [2.05, 4.69) is 41.1 Å². The number of nitrogens with zero attached hydrogens (tertiary/aromatic N) is 2. The monoisotopic (exact) mass is 322 g/mol. The zero-order chi connectivity index (χ0) is 16.4. The second-order valence-electron chi connectivity index (χ2n) is 7.17. The Labute approximate surface area is 144 Å². The van der Waals surface area contributed by atoms with Gasteiger partial charge in [-0.1, -0.05) is 30.3 Å². The van der Waals surface area contributed by atoms with Crippen LogP contribution in [-0.2, 0) is 0 Å². The van der Waals surface area contributed by atoms with Gasteiger partial charge < -0.3 is 9.64 Å². The molecule has 0 saturated carbocycles. The molecule has 3 nitrogen and oxygen atoms in total. The Morgan fingerprint density at radius 2 is 1.46 bits per heavy atom. The van der Waals surface area contributed by atoms with Gasteiger partial charge in [0.25, 0.3) is 0 Å². The molecule has 2 saturated heterocycles. The van der Waals surface area contributed by atoms with Crippen LogP contribution in [-0.4, -0.2) is 49.1 Å². The van der Waals surface area contributed by atoms with Crippen molar-refractivity contribution < 1.29 is 4.74 Å². The molecule has 0 bridgehead atoms. The lowest BCUT2D eigenvalue weighted by atomic mass is 9.88. The van der Waals surface area contributed by atoms with Gasteiger partial charge in [0.05, 0.1) is 0 Å². The van der Waals surface area contributed by atoms with Crippen LogP contribution >= 0.6 is 0 Å². The molecular weight excluding hydrogens is 296 g/mol. The van der Waals surface area contributed by atoms with Crippen molar-refractivity contribution in [3.63, 3.8) is 0 Å². The number of hydrogen-bond donors (Lipinski definition) is 0. The van der Waals surface area contributed by atoms with Gasteiger partial charge in [-0.2, -0.15) is 0 Å². The van der Waals surface area contributed by atoms with Crippen LogP contribution in [0.1, 0.15) is 24.3 Å². The van der Waals surface area contributed by atoms with Crippen molar-refractivity contribution in [2.24, 2.45) is 0 Å². The summed E-state index contributed by atoms with van der Waals surface area (Å²) in [6.07, 6.45) is 2.65. The highest BCUT2D eigenvalue weighted by Gasteiger charge is 2.34. The Morgan fingerprint density at radius 1 is 0.833 bits per heavy atom. The second kappa shape index (κ2) is 6.96. The average molecular weight is 322 g/mol. The topological polar surface area (TPSA) is 15.7 Å². The minimum Gasteiger partial charge on any atom is -0.457 e. The highest BCUT2D eigenvalue weighted by atomic mass is 16.5. The zero-order valence-corrected chi connectivity index (χ0v) is 14.4. The van der Waals surface area contributed by atoms with E-state index in [-0.39, 0.29) is 0 Å². The molecule has 0 amide bonds. The Morgan fingerprint density at radius 3 is 2.12 bits per heavy atom. The smallest absolute Gasteiger partial charge is 0.127 e. The first-order valence-electron chi connectivity index (χ1n) is 9.03. The van der Waals surface area contributed by atoms with Crippen LogP contribution in [0.15, 0.2) is 54.6 Å². The van der Waals surface area contributed by atoms with Gasteiger partial charge in [0.2, 0.25) is 0 Å². The molecule has 0 spiro atoms. The van der Waals surface area contributed by atoms with Gasteiger partial charge in [0.1, 0.15) is 11.5 Å². The fraction of sp³-hybridized carbons (Fsp3) is 0.429. The second-order valence-corrected chi connectivity index (χ2v) is 7.17. The molecular formula is C21H26N2O. The normalized spacial score (nSPS) is 20.7. The number of piperidine rings is 1. The van der Waals surface area contributed by atoms with Gasteiger partial charge in [-0.3, -0.25) is 4.90 Å². The number of likely N-dealkylation sites (tertiary alicyclic amines) is 2. The minimum atomic E-state index is 0.690. The molecule has 2 aromatic rings. The quantitative estimate of drug-likeness (QED) is 0.847. The molecule has 24 heavy (non-hydrogen) atoms. The lowest BCUT2D eigenvalue weighted by molar-refractivity contribution is 0.0525. The summed E-state index contributed by atoms with van der Waals surface area (Å²) < 4.78 is 5.88. The SMILES string of the molecule is CN1CCC(N2CC(c3ccc(Oc4ccccc4)cc3)C2)CC1. The van der Waals surface area contributed by atoms with Crippen LogP contribution < -0.4 is 4.74 Å². The fourth-order valence-corrected chi connectivity index (χ4v) is 3.81. The minimum absolute atomic E-state index is 0.690. The molecule has 4 rings (SSSR count). The van der Waals surface area contributed by atoms with E-state index in [1.807, 2.05) is 30.3 Å². The zero-order valence-electron chi connectivity index (χ0n) is 14.4. The van der Waals surface area contributed by atoms with Crippen molar-refractivity contribution >= 4 is 0 Å². The van der Waals surface area contributed by atoms with Crippen molar-refractivity contribution in [2.75, 3.05) is 33.2 Å². The van der Waals surface area contributed by atoms with Crippen LogP contribution in [0.4, 0.5) is 0 Å². The van der Waals surface area contributed by atoms with Crippen molar-refractivity contribution in [3.8, 4) is 11.5 Å². The molecule has 2 aliphatic heterocycles. The molecule has 126 valence electrons. The molecule has 0 aliphatic carbocycles. The maximum atomic E-state index is 5.88. The molecule has 0 unspecified atom stereocenters. The summed E-state index contributed by atoms with van der Waals surface area (Å²) in [5, 5.41) is 0. The van der Waals surface area contributed by atoms with E-state index >= 15 is 0 Å². The Balaban J connectivity index is 1.30. The third kappa shape index (κ3) is 3.47. The van der Waals surface area contributed by atoms with E-state index in [9.17, 15) is 0 Å². The number of benzene rings is 2. The molecule has 0 aromatic heterocycles. The van der Waals surface area contributed by atoms with Gasteiger partial charge in [0, 0.05) is 25.0 Å². The maximum absolute atomic E-state index is 5.88. The number of para-hydroxylation sites is 1. The predicted octanol–water partition coefficient (Wildman–Crippen LogP) is 3.97. The van der Waals surface area contributed by atoms with E-state index in [0.717, 1.165) is 17.5 Å². The highest BCUT2D eigenvalue weighted by molar-refractivity contribution is 5.35. The third-order valence-corrected chi connectivity index (χ3v) is 5.44. The van der Waals surface area contributed by atoms with Crippen molar-refractivity contribution in [2.45, 2.75) is 24.8 Å². The predicted molar refractivity (Wildman–Crippen MR) is 97.8 cm³/mol. The largest absolute Gasteiger partial charge is 0.457 e.